The highest BCUT2D eigenvalue weighted by Gasteiger charge is 2.34. The molecule has 38 heavy (non-hydrogen) atoms. The lowest BCUT2D eigenvalue weighted by atomic mass is 9.91. The quantitative estimate of drug-likeness (QED) is 0.443. The summed E-state index contributed by atoms with van der Waals surface area (Å²) in [5, 5.41) is 10.2. The molecule has 1 aliphatic heterocycles. The largest absolute Gasteiger partial charge is 0.481 e. The van der Waals surface area contributed by atoms with Gasteiger partial charge in [-0.1, -0.05) is 29.8 Å². The lowest BCUT2D eigenvalue weighted by Crippen LogP contribution is -2.42. The first-order valence-electron chi connectivity index (χ1n) is 13.5. The molecular weight excluding hydrogens is 482 g/mol. The van der Waals surface area contributed by atoms with Crippen LogP contribution < -0.4 is 4.90 Å². The van der Waals surface area contributed by atoms with Gasteiger partial charge in [-0.05, 0) is 70.1 Å². The Labute approximate surface area is 223 Å². The number of methoxy groups -OCH3 is 2. The second-order valence-electron chi connectivity index (χ2n) is 10.7. The van der Waals surface area contributed by atoms with E-state index >= 15 is 0 Å². The number of carbonyl (C=O) groups excluding carboxylic acids is 1. The molecule has 1 amide bonds. The second-order valence-corrected chi connectivity index (χ2v) is 10.7. The Morgan fingerprint density at radius 1 is 1.05 bits per heavy atom. The smallest absolute Gasteiger partial charge is 0.414 e. The first kappa shape index (κ1) is 26.2. The third kappa shape index (κ3) is 4.77. The van der Waals surface area contributed by atoms with Gasteiger partial charge in [-0.15, -0.1) is 0 Å². The highest BCUT2D eigenvalue weighted by Crippen LogP contribution is 2.40. The highest BCUT2D eigenvalue weighted by molar-refractivity contribution is 5.95. The van der Waals surface area contributed by atoms with Crippen LogP contribution in [0.5, 0.6) is 0 Å². The van der Waals surface area contributed by atoms with E-state index in [1.54, 1.807) is 12.0 Å². The number of anilines is 1. The molecule has 1 saturated carbocycles. The van der Waals surface area contributed by atoms with Crippen LogP contribution in [0.4, 0.5) is 10.5 Å². The third-order valence-electron chi connectivity index (χ3n) is 8.41. The van der Waals surface area contributed by atoms with Gasteiger partial charge in [0, 0.05) is 31.2 Å². The summed E-state index contributed by atoms with van der Waals surface area (Å²) >= 11 is 0. The minimum absolute atomic E-state index is 0.0243. The number of aryl methyl sites for hydroxylation is 2. The Kier molecular flexibility index (Phi) is 7.43. The Balaban J connectivity index is 1.63. The third-order valence-corrected chi connectivity index (χ3v) is 8.41. The second kappa shape index (κ2) is 10.8. The number of carboxylic acid groups (broad SMARTS) is 1. The van der Waals surface area contributed by atoms with E-state index in [2.05, 4.69) is 4.57 Å². The van der Waals surface area contributed by atoms with Crippen LogP contribution in [-0.2, 0) is 27.1 Å². The van der Waals surface area contributed by atoms with E-state index in [0.29, 0.717) is 6.42 Å². The Morgan fingerprint density at radius 3 is 2.39 bits per heavy atom. The molecule has 1 aromatic heterocycles. The number of aromatic nitrogens is 2. The van der Waals surface area contributed by atoms with Crippen molar-refractivity contribution in [2.75, 3.05) is 19.1 Å². The molecule has 2 aliphatic rings. The molecule has 2 heterocycles. The Bertz CT molecular complexity index is 1320. The van der Waals surface area contributed by atoms with Gasteiger partial charge in [-0.25, -0.2) is 9.78 Å². The number of amides is 1. The SMILES string of the molecule is COC(=O)N1c2ccc3c(nc(CC(C(=O)O)c4ccc(C)cc4)n3[C@H]3CC[C@H](OC)CC3)c2CC[C@@H]1C. The molecule has 1 fully saturated rings. The van der Waals surface area contributed by atoms with Gasteiger partial charge in [0.2, 0.25) is 0 Å². The van der Waals surface area contributed by atoms with E-state index in [-0.39, 0.29) is 24.3 Å². The number of carboxylic acids is 1. The maximum atomic E-state index is 12.7. The maximum absolute atomic E-state index is 12.7. The molecule has 1 unspecified atom stereocenters. The molecule has 2 aromatic carbocycles. The first-order chi connectivity index (χ1) is 18.3. The number of hydrogen-bond donors (Lipinski definition) is 1. The molecule has 0 radical (unpaired) electrons. The van der Waals surface area contributed by atoms with Crippen molar-refractivity contribution < 1.29 is 24.2 Å². The number of hydrogen-bond acceptors (Lipinski definition) is 5. The van der Waals surface area contributed by atoms with E-state index in [4.69, 9.17) is 14.5 Å². The highest BCUT2D eigenvalue weighted by atomic mass is 16.5. The zero-order chi connectivity index (χ0) is 27.0. The van der Waals surface area contributed by atoms with Crippen molar-refractivity contribution in [2.45, 2.75) is 82.9 Å². The van der Waals surface area contributed by atoms with Gasteiger partial charge >= 0.3 is 12.1 Å². The molecule has 5 rings (SSSR count). The van der Waals surface area contributed by atoms with E-state index < -0.39 is 11.9 Å². The van der Waals surface area contributed by atoms with Gasteiger partial charge in [0.15, 0.2) is 0 Å². The molecule has 3 aromatic rings. The van der Waals surface area contributed by atoms with Gasteiger partial charge in [0.25, 0.3) is 0 Å². The van der Waals surface area contributed by atoms with Gasteiger partial charge < -0.3 is 19.1 Å². The van der Waals surface area contributed by atoms with Crippen LogP contribution in [-0.4, -0.2) is 53.1 Å². The van der Waals surface area contributed by atoms with Gasteiger partial charge in [0.1, 0.15) is 5.82 Å². The molecule has 0 saturated heterocycles. The summed E-state index contributed by atoms with van der Waals surface area (Å²) in [5.41, 5.74) is 5.59. The minimum Gasteiger partial charge on any atom is -0.481 e. The normalized spacial score (nSPS) is 22.2. The van der Waals surface area contributed by atoms with Gasteiger partial charge in [-0.2, -0.15) is 0 Å². The summed E-state index contributed by atoms with van der Waals surface area (Å²) in [7, 11) is 3.17. The van der Waals surface area contributed by atoms with Crippen LogP contribution in [0.1, 0.15) is 73.5 Å². The molecule has 2 atom stereocenters. The van der Waals surface area contributed by atoms with Crippen LogP contribution in [0, 0.1) is 6.92 Å². The summed E-state index contributed by atoms with van der Waals surface area (Å²) in [4.78, 5) is 32.0. The number of carbonyl (C=O) groups is 2. The monoisotopic (exact) mass is 519 g/mol. The van der Waals surface area contributed by atoms with Crippen molar-refractivity contribution >= 4 is 28.8 Å². The van der Waals surface area contributed by atoms with Crippen molar-refractivity contribution in [1.82, 2.24) is 9.55 Å². The van der Waals surface area contributed by atoms with Gasteiger partial charge in [-0.3, -0.25) is 9.69 Å². The van der Waals surface area contributed by atoms with Crippen molar-refractivity contribution in [3.63, 3.8) is 0 Å². The van der Waals surface area contributed by atoms with Crippen molar-refractivity contribution in [3.05, 3.63) is 58.9 Å². The van der Waals surface area contributed by atoms with Crippen LogP contribution in [0.2, 0.25) is 0 Å². The van der Waals surface area contributed by atoms with Crippen LogP contribution >= 0.6 is 0 Å². The molecular formula is C30H37N3O5. The molecule has 8 nitrogen and oxygen atoms in total. The van der Waals surface area contributed by atoms with Gasteiger partial charge in [0.05, 0.1) is 35.9 Å². The fraction of sp³-hybridized carbons (Fsp3) is 0.500. The molecule has 202 valence electrons. The molecule has 0 bridgehead atoms. The standard InChI is InChI=1S/C30H37N3O5/c1-18-5-8-20(9-6-18)24(29(34)35)17-27-31-28-23-14-7-19(2)32(30(36)38-4)25(23)15-16-26(28)33(27)21-10-12-22(37-3)13-11-21/h5-6,8-9,15-16,19,21-22,24H,7,10-14,17H2,1-4H3,(H,34,35)/t19-,21-,22-,24?/m0/s1. The zero-order valence-corrected chi connectivity index (χ0v) is 22.6. The van der Waals surface area contributed by atoms with E-state index in [1.165, 1.54) is 7.11 Å². The van der Waals surface area contributed by atoms with Crippen LogP contribution in [0.25, 0.3) is 11.0 Å². The Morgan fingerprint density at radius 2 is 1.76 bits per heavy atom. The predicted molar refractivity (Wildman–Crippen MR) is 146 cm³/mol. The molecule has 1 N–H and O–H groups in total. The summed E-state index contributed by atoms with van der Waals surface area (Å²) in [5.74, 6) is -0.780. The number of fused-ring (bicyclic) bond motifs is 3. The minimum atomic E-state index is -0.858. The number of imidazole rings is 1. The topological polar surface area (TPSA) is 93.9 Å². The first-order valence-corrected chi connectivity index (χ1v) is 13.5. The number of aliphatic carboxylic acids is 1. The van der Waals surface area contributed by atoms with Crippen molar-refractivity contribution in [1.29, 1.82) is 0 Å². The number of ether oxygens (including phenoxy) is 2. The predicted octanol–water partition coefficient (Wildman–Crippen LogP) is 5.79. The fourth-order valence-electron chi connectivity index (χ4n) is 6.24. The molecule has 1 aliphatic carbocycles. The van der Waals surface area contributed by atoms with E-state index in [1.807, 2.05) is 50.2 Å². The molecule has 0 spiro atoms. The summed E-state index contributed by atoms with van der Waals surface area (Å²) < 4.78 is 13.0. The number of nitrogens with zero attached hydrogens (tertiary/aromatic N) is 3. The number of benzene rings is 2. The van der Waals surface area contributed by atoms with E-state index in [0.717, 1.165) is 77.8 Å². The summed E-state index contributed by atoms with van der Waals surface area (Å²) in [6.07, 6.45) is 5.59. The average molecular weight is 520 g/mol. The van der Waals surface area contributed by atoms with E-state index in [9.17, 15) is 14.7 Å². The maximum Gasteiger partial charge on any atom is 0.414 e. The molecule has 8 heteroatoms. The average Bonchev–Trinajstić information content (AvgIpc) is 3.30. The summed E-state index contributed by atoms with van der Waals surface area (Å²) in [6.45, 7) is 4.03. The fourth-order valence-corrected chi connectivity index (χ4v) is 6.24. The van der Waals surface area contributed by atoms with Crippen molar-refractivity contribution in [3.8, 4) is 0 Å². The summed E-state index contributed by atoms with van der Waals surface area (Å²) in [6, 6.07) is 12.0. The van der Waals surface area contributed by atoms with Crippen molar-refractivity contribution in [2.24, 2.45) is 0 Å². The zero-order valence-electron chi connectivity index (χ0n) is 22.6. The number of rotatable bonds is 6. The Hall–Kier alpha value is -3.39. The lowest BCUT2D eigenvalue weighted by Gasteiger charge is -2.34. The van der Waals surface area contributed by atoms with Crippen LogP contribution in [0.3, 0.4) is 0 Å². The lowest BCUT2D eigenvalue weighted by molar-refractivity contribution is -0.138. The van der Waals surface area contributed by atoms with Crippen LogP contribution in [0.15, 0.2) is 36.4 Å².